The molecule has 1 heterocycles. The van der Waals surface area contributed by atoms with Gasteiger partial charge in [0.1, 0.15) is 12.4 Å². The lowest BCUT2D eigenvalue weighted by Crippen LogP contribution is -2.43. The van der Waals surface area contributed by atoms with Crippen LogP contribution >= 0.6 is 23.2 Å². The highest BCUT2D eigenvalue weighted by atomic mass is 35.5. The third-order valence-electron chi connectivity index (χ3n) is 5.66. The summed E-state index contributed by atoms with van der Waals surface area (Å²) in [7, 11) is 1.59. The number of terminal acetylenes is 1. The molecule has 1 aromatic rings. The first-order valence-corrected chi connectivity index (χ1v) is 10.9. The maximum absolute atomic E-state index is 13.4. The number of carbonyl (C=O) groups is 1. The molecule has 168 valence electrons. The molecule has 1 aromatic carbocycles. The molecule has 0 saturated heterocycles. The van der Waals surface area contributed by atoms with Crippen molar-refractivity contribution in [2.24, 2.45) is 11.1 Å². The lowest BCUT2D eigenvalue weighted by Gasteiger charge is -2.43. The molecule has 6 nitrogen and oxygen atoms in total. The molecule has 0 saturated carbocycles. The fraction of sp³-hybridized carbons (Fsp3) is 0.417. The Morgan fingerprint density at radius 3 is 2.53 bits per heavy atom. The zero-order valence-corrected chi connectivity index (χ0v) is 19.8. The molecule has 1 aliphatic carbocycles. The van der Waals surface area contributed by atoms with E-state index in [0.29, 0.717) is 43.0 Å². The summed E-state index contributed by atoms with van der Waals surface area (Å²) >= 11 is 12.9. The van der Waals surface area contributed by atoms with Crippen molar-refractivity contribution in [3.8, 4) is 24.2 Å². The third kappa shape index (κ3) is 4.45. The van der Waals surface area contributed by atoms with Gasteiger partial charge in [0.25, 0.3) is 0 Å². The molecule has 2 N–H and O–H groups in total. The number of allylic oxidation sites excluding steroid dienone is 3. The Balaban J connectivity index is 2.21. The third-order valence-corrected chi connectivity index (χ3v) is 6.22. The Kier molecular flexibility index (Phi) is 7.10. The summed E-state index contributed by atoms with van der Waals surface area (Å²) in [6, 6.07) is 5.51. The molecular weight excluding hydrogens is 449 g/mol. The largest absolute Gasteiger partial charge is 0.478 e. The Morgan fingerprint density at radius 1 is 1.31 bits per heavy atom. The van der Waals surface area contributed by atoms with Crippen molar-refractivity contribution >= 4 is 29.0 Å². The standard InChI is InChI=1S/C24H25Cl2N3O3/c1-5-7-32-22-16(25)9-14(10-17(22)26)20-15(13-27)23(28)29(6-8-31-4)18-11-24(2,3)12-19(30)21(18)20/h1,9-10,20H,6-8,11-12,28H2,2-4H3/t20-/m1/s1. The van der Waals surface area contributed by atoms with Crippen LogP contribution < -0.4 is 10.5 Å². The van der Waals surface area contributed by atoms with Gasteiger partial charge in [-0.25, -0.2) is 0 Å². The zero-order valence-electron chi connectivity index (χ0n) is 18.3. The van der Waals surface area contributed by atoms with E-state index in [9.17, 15) is 10.1 Å². The number of rotatable bonds is 6. The molecule has 1 atom stereocenters. The maximum Gasteiger partial charge on any atom is 0.162 e. The van der Waals surface area contributed by atoms with E-state index in [1.807, 2.05) is 18.7 Å². The SMILES string of the molecule is C#CCOc1c(Cl)cc([C@@H]2C(C#N)=C(N)N(CCOC)C3=C2C(=O)CC(C)(C)C3)cc1Cl. The minimum Gasteiger partial charge on any atom is -0.478 e. The molecule has 0 unspecified atom stereocenters. The van der Waals surface area contributed by atoms with Gasteiger partial charge < -0.3 is 20.1 Å². The van der Waals surface area contributed by atoms with Gasteiger partial charge in [-0.2, -0.15) is 5.26 Å². The number of hydrogen-bond donors (Lipinski definition) is 1. The van der Waals surface area contributed by atoms with Crippen molar-refractivity contribution < 1.29 is 14.3 Å². The van der Waals surface area contributed by atoms with E-state index in [2.05, 4.69) is 12.0 Å². The van der Waals surface area contributed by atoms with Crippen LogP contribution in [-0.4, -0.2) is 37.6 Å². The van der Waals surface area contributed by atoms with E-state index in [-0.39, 0.29) is 39.2 Å². The smallest absolute Gasteiger partial charge is 0.162 e. The second-order valence-electron chi connectivity index (χ2n) is 8.60. The van der Waals surface area contributed by atoms with Gasteiger partial charge in [0.15, 0.2) is 11.5 Å². The lowest BCUT2D eigenvalue weighted by molar-refractivity contribution is -0.118. The van der Waals surface area contributed by atoms with Crippen molar-refractivity contribution in [1.29, 1.82) is 5.26 Å². The molecule has 0 fully saturated rings. The summed E-state index contributed by atoms with van der Waals surface area (Å²) in [5, 5.41) is 10.5. The number of nitriles is 1. The van der Waals surface area contributed by atoms with E-state index in [0.717, 1.165) is 5.70 Å². The molecule has 0 spiro atoms. The van der Waals surface area contributed by atoms with Crippen LogP contribution in [-0.2, 0) is 9.53 Å². The van der Waals surface area contributed by atoms with E-state index in [4.69, 9.17) is 44.8 Å². The number of methoxy groups -OCH3 is 1. The predicted molar refractivity (Wildman–Crippen MR) is 124 cm³/mol. The van der Waals surface area contributed by atoms with Crippen molar-refractivity contribution in [3.63, 3.8) is 0 Å². The van der Waals surface area contributed by atoms with Crippen LogP contribution in [0.1, 0.15) is 38.2 Å². The number of carbonyl (C=O) groups excluding carboxylic acids is 1. The summed E-state index contributed by atoms with van der Waals surface area (Å²) in [6.45, 7) is 4.93. The van der Waals surface area contributed by atoms with Crippen molar-refractivity contribution in [2.45, 2.75) is 32.6 Å². The summed E-state index contributed by atoms with van der Waals surface area (Å²) < 4.78 is 10.7. The average Bonchev–Trinajstić information content (AvgIpc) is 2.71. The molecular formula is C24H25Cl2N3O3. The van der Waals surface area contributed by atoms with Gasteiger partial charge in [0.2, 0.25) is 0 Å². The van der Waals surface area contributed by atoms with Crippen LogP contribution in [0.2, 0.25) is 10.0 Å². The normalized spacial score (nSPS) is 20.0. The van der Waals surface area contributed by atoms with Gasteiger partial charge in [-0.1, -0.05) is 43.0 Å². The summed E-state index contributed by atoms with van der Waals surface area (Å²) in [5.74, 6) is 2.23. The minimum absolute atomic E-state index is 0.00976. The molecule has 0 aromatic heterocycles. The van der Waals surface area contributed by atoms with E-state index in [1.54, 1.807) is 19.2 Å². The second-order valence-corrected chi connectivity index (χ2v) is 9.41. The summed E-state index contributed by atoms with van der Waals surface area (Å²) in [4.78, 5) is 15.2. The average molecular weight is 474 g/mol. The van der Waals surface area contributed by atoms with Gasteiger partial charge in [-0.05, 0) is 29.5 Å². The number of hydrogen-bond acceptors (Lipinski definition) is 6. The Labute approximate surface area is 198 Å². The Hall–Kier alpha value is -2.64. The van der Waals surface area contributed by atoms with Crippen LogP contribution in [0.15, 0.2) is 34.8 Å². The zero-order chi connectivity index (χ0) is 23.6. The monoisotopic (exact) mass is 473 g/mol. The first-order valence-electron chi connectivity index (χ1n) is 10.1. The van der Waals surface area contributed by atoms with Gasteiger partial charge in [0, 0.05) is 31.3 Å². The number of benzene rings is 1. The topological polar surface area (TPSA) is 88.6 Å². The van der Waals surface area contributed by atoms with E-state index in [1.165, 1.54) is 0 Å². The first kappa shape index (κ1) is 24.0. The number of ether oxygens (including phenoxy) is 2. The van der Waals surface area contributed by atoms with E-state index < -0.39 is 5.92 Å². The molecule has 32 heavy (non-hydrogen) atoms. The highest BCUT2D eigenvalue weighted by Crippen LogP contribution is 2.50. The van der Waals surface area contributed by atoms with Gasteiger partial charge >= 0.3 is 0 Å². The lowest BCUT2D eigenvalue weighted by atomic mass is 9.68. The number of Topliss-reactive ketones (excluding diaryl/α,β-unsaturated/α-hetero) is 1. The number of nitrogens with two attached hydrogens (primary N) is 1. The molecule has 0 amide bonds. The van der Waals surface area contributed by atoms with Crippen LogP contribution in [0.4, 0.5) is 0 Å². The minimum atomic E-state index is -0.672. The quantitative estimate of drug-likeness (QED) is 0.616. The number of ketones is 1. The molecule has 1 aliphatic heterocycles. The fourth-order valence-corrected chi connectivity index (χ4v) is 4.96. The highest BCUT2D eigenvalue weighted by molar-refractivity contribution is 6.37. The van der Waals surface area contributed by atoms with Gasteiger partial charge in [0.05, 0.1) is 34.2 Å². The van der Waals surface area contributed by atoms with Crippen LogP contribution in [0.25, 0.3) is 0 Å². The molecule has 8 heteroatoms. The predicted octanol–water partition coefficient (Wildman–Crippen LogP) is 4.39. The van der Waals surface area contributed by atoms with Gasteiger partial charge in [-0.15, -0.1) is 6.42 Å². The maximum atomic E-state index is 13.4. The van der Waals surface area contributed by atoms with Gasteiger partial charge in [-0.3, -0.25) is 4.79 Å². The summed E-state index contributed by atoms with van der Waals surface area (Å²) in [6.07, 6.45) is 6.26. The second kappa shape index (κ2) is 9.46. The molecule has 0 radical (unpaired) electrons. The fourth-order valence-electron chi connectivity index (χ4n) is 4.34. The van der Waals surface area contributed by atoms with Crippen LogP contribution in [0.5, 0.6) is 5.75 Å². The van der Waals surface area contributed by atoms with Crippen LogP contribution in [0.3, 0.4) is 0 Å². The first-order chi connectivity index (χ1) is 15.1. The number of halogens is 2. The molecule has 0 bridgehead atoms. The van der Waals surface area contributed by atoms with Crippen molar-refractivity contribution in [2.75, 3.05) is 26.9 Å². The highest BCUT2D eigenvalue weighted by Gasteiger charge is 2.44. The Morgan fingerprint density at radius 2 is 1.97 bits per heavy atom. The van der Waals surface area contributed by atoms with Crippen LogP contribution in [0, 0.1) is 29.1 Å². The number of nitrogens with zero attached hydrogens (tertiary/aromatic N) is 2. The van der Waals surface area contributed by atoms with Crippen molar-refractivity contribution in [1.82, 2.24) is 4.90 Å². The van der Waals surface area contributed by atoms with E-state index >= 15 is 0 Å². The van der Waals surface area contributed by atoms with Crippen molar-refractivity contribution in [3.05, 3.63) is 50.4 Å². The molecule has 2 aliphatic rings. The molecule has 3 rings (SSSR count). The Bertz CT molecular complexity index is 1070. The summed E-state index contributed by atoms with van der Waals surface area (Å²) in [5.41, 5.74) is 8.48.